The molecule has 0 aliphatic heterocycles. The van der Waals surface area contributed by atoms with Crippen LogP contribution >= 0.6 is 0 Å². The summed E-state index contributed by atoms with van der Waals surface area (Å²) in [5, 5.41) is 0. The van der Waals surface area contributed by atoms with Gasteiger partial charge in [0.1, 0.15) is 5.82 Å². The van der Waals surface area contributed by atoms with E-state index in [1.54, 1.807) is 0 Å². The van der Waals surface area contributed by atoms with E-state index in [2.05, 4.69) is 24.9 Å². The monoisotopic (exact) mass is 280 g/mol. The molecule has 0 saturated heterocycles. The zero-order valence-electron chi connectivity index (χ0n) is 9.85. The van der Waals surface area contributed by atoms with Gasteiger partial charge in [-0.2, -0.15) is 9.97 Å². The fourth-order valence-electron chi connectivity index (χ4n) is 1.25. The molecule has 10 nitrogen and oxygen atoms in total. The predicted octanol–water partition coefficient (Wildman–Crippen LogP) is -1.28. The van der Waals surface area contributed by atoms with Crippen molar-refractivity contribution in [2.75, 3.05) is 11.5 Å². The summed E-state index contributed by atoms with van der Waals surface area (Å²) in [4.78, 5) is 38.8. The van der Waals surface area contributed by atoms with Crippen LogP contribution < -0.4 is 22.7 Å². The number of halogens is 1. The molecule has 0 amide bonds. The maximum absolute atomic E-state index is 12.1. The Kier molecular flexibility index (Phi) is 3.41. The number of rotatable bonds is 0. The molecule has 0 saturated carbocycles. The molecule has 7 N–H and O–H groups in total. The molecule has 3 aromatic heterocycles. The van der Waals surface area contributed by atoms with Crippen LogP contribution in [0.5, 0.6) is 0 Å². The van der Waals surface area contributed by atoms with Crippen LogP contribution in [0.1, 0.15) is 0 Å². The minimum atomic E-state index is -0.713. The van der Waals surface area contributed by atoms with E-state index < -0.39 is 11.5 Å². The van der Waals surface area contributed by atoms with Crippen LogP contribution in [0.2, 0.25) is 0 Å². The number of nitrogens with one attached hydrogen (secondary N) is 3. The van der Waals surface area contributed by atoms with Crippen LogP contribution in [-0.2, 0) is 0 Å². The summed E-state index contributed by atoms with van der Waals surface area (Å²) >= 11 is 0. The van der Waals surface area contributed by atoms with Crippen molar-refractivity contribution >= 4 is 22.9 Å². The summed E-state index contributed by atoms with van der Waals surface area (Å²) in [6.45, 7) is 0. The van der Waals surface area contributed by atoms with Gasteiger partial charge in [-0.3, -0.25) is 14.8 Å². The number of hydrogen-bond donors (Lipinski definition) is 5. The largest absolute Gasteiger partial charge is 0.383 e. The summed E-state index contributed by atoms with van der Waals surface area (Å²) in [7, 11) is 0. The lowest BCUT2D eigenvalue weighted by molar-refractivity contribution is 0.617. The van der Waals surface area contributed by atoms with Gasteiger partial charge in [-0.15, -0.1) is 0 Å². The molecule has 0 atom stereocenters. The third-order valence-corrected chi connectivity index (χ3v) is 2.11. The van der Waals surface area contributed by atoms with Gasteiger partial charge in [0.15, 0.2) is 17.0 Å². The normalized spacial score (nSPS) is 10.1. The molecule has 0 aromatic carbocycles. The molecule has 104 valence electrons. The predicted molar refractivity (Wildman–Crippen MR) is 68.1 cm³/mol. The van der Waals surface area contributed by atoms with Crippen LogP contribution in [0.4, 0.5) is 16.2 Å². The van der Waals surface area contributed by atoms with Gasteiger partial charge < -0.3 is 16.5 Å². The van der Waals surface area contributed by atoms with Crippen molar-refractivity contribution in [2.24, 2.45) is 0 Å². The molecule has 0 unspecified atom stereocenters. The van der Waals surface area contributed by atoms with E-state index in [1.165, 1.54) is 6.33 Å². The molecule has 0 radical (unpaired) electrons. The van der Waals surface area contributed by atoms with Gasteiger partial charge in [-0.05, 0) is 0 Å². The van der Waals surface area contributed by atoms with E-state index in [4.69, 9.17) is 11.5 Å². The smallest absolute Gasteiger partial charge is 0.346 e. The highest BCUT2D eigenvalue weighted by Crippen LogP contribution is 1.98. The van der Waals surface area contributed by atoms with Crippen LogP contribution in [0, 0.1) is 5.82 Å². The Balaban J connectivity index is 0.000000151. The average Bonchev–Trinajstić information content (AvgIpc) is 2.83. The molecule has 0 aliphatic carbocycles. The number of nitrogen functional groups attached to an aromatic ring is 2. The third-order valence-electron chi connectivity index (χ3n) is 2.11. The molecule has 20 heavy (non-hydrogen) atoms. The van der Waals surface area contributed by atoms with Crippen molar-refractivity contribution in [1.82, 2.24) is 29.9 Å². The Bertz CT molecular complexity index is 851. The minimum Gasteiger partial charge on any atom is -0.383 e. The summed E-state index contributed by atoms with van der Waals surface area (Å²) in [5.41, 5.74) is 9.95. The van der Waals surface area contributed by atoms with E-state index in [-0.39, 0.29) is 17.3 Å². The van der Waals surface area contributed by atoms with Gasteiger partial charge in [-0.1, -0.05) is 0 Å². The third kappa shape index (κ3) is 2.77. The first-order chi connectivity index (χ1) is 9.47. The lowest BCUT2D eigenvalue weighted by atomic mass is 10.5. The molecule has 3 rings (SSSR count). The lowest BCUT2D eigenvalue weighted by Gasteiger charge is -1.89. The Hall–Kier alpha value is -3.24. The average molecular weight is 280 g/mol. The van der Waals surface area contributed by atoms with E-state index >= 15 is 0 Å². The van der Waals surface area contributed by atoms with Crippen molar-refractivity contribution in [3.05, 3.63) is 39.2 Å². The van der Waals surface area contributed by atoms with Crippen LogP contribution in [0.25, 0.3) is 11.2 Å². The Morgan fingerprint density at radius 3 is 2.55 bits per heavy atom. The quantitative estimate of drug-likeness (QED) is 0.341. The van der Waals surface area contributed by atoms with E-state index in [0.29, 0.717) is 11.2 Å². The molecule has 3 aromatic rings. The molecular formula is C9H9FN8O2. The molecule has 0 spiro atoms. The highest BCUT2D eigenvalue weighted by Gasteiger charge is 2.01. The molecule has 0 fully saturated rings. The molecule has 11 heteroatoms. The Labute approximate surface area is 109 Å². The number of imidazole rings is 1. The summed E-state index contributed by atoms with van der Waals surface area (Å²) in [6.07, 6.45) is 2.17. The first kappa shape index (κ1) is 13.2. The number of H-pyrrole nitrogens is 3. The second-order valence-corrected chi connectivity index (χ2v) is 3.50. The molecule has 0 bridgehead atoms. The number of aromatic nitrogens is 6. The fourth-order valence-corrected chi connectivity index (χ4v) is 1.25. The maximum atomic E-state index is 12.1. The standard InChI is InChI=1S/C5H5N5O.C4H4FN3O/c6-5-9-3-2(4(11)10-5)7-1-8-3;5-2-1-7-4(9)8-3(2)6/h1H,(H4,6,7,8,9,10,11);1H,(H3,6,7,8,9). The van der Waals surface area contributed by atoms with Gasteiger partial charge >= 0.3 is 5.69 Å². The molecular weight excluding hydrogens is 271 g/mol. The van der Waals surface area contributed by atoms with Crippen LogP contribution in [0.15, 0.2) is 22.1 Å². The molecule has 3 heterocycles. The zero-order chi connectivity index (χ0) is 14.7. The number of fused-ring (bicyclic) bond motifs is 1. The maximum Gasteiger partial charge on any atom is 0.346 e. The van der Waals surface area contributed by atoms with Gasteiger partial charge in [0.05, 0.1) is 12.5 Å². The summed E-state index contributed by atoms with van der Waals surface area (Å²) in [5.74, 6) is -0.917. The van der Waals surface area contributed by atoms with Crippen molar-refractivity contribution in [3.8, 4) is 0 Å². The number of nitrogens with two attached hydrogens (primary N) is 2. The first-order valence-corrected chi connectivity index (χ1v) is 5.16. The number of anilines is 2. The van der Waals surface area contributed by atoms with Crippen molar-refractivity contribution in [3.63, 3.8) is 0 Å². The highest BCUT2D eigenvalue weighted by atomic mass is 19.1. The van der Waals surface area contributed by atoms with Crippen molar-refractivity contribution in [2.45, 2.75) is 0 Å². The van der Waals surface area contributed by atoms with E-state index in [0.717, 1.165) is 6.20 Å². The van der Waals surface area contributed by atoms with Gasteiger partial charge in [-0.25, -0.2) is 14.2 Å². The number of aromatic amines is 3. The fraction of sp³-hybridized carbons (Fsp3) is 0. The van der Waals surface area contributed by atoms with Crippen molar-refractivity contribution < 1.29 is 4.39 Å². The topological polar surface area (TPSA) is 172 Å². The SMILES string of the molecule is Nc1[nH]c(=O)ncc1F.Nc1nc2nc[nH]c2c(=O)[nH]1. The highest BCUT2D eigenvalue weighted by molar-refractivity contribution is 5.69. The second-order valence-electron chi connectivity index (χ2n) is 3.50. The first-order valence-electron chi connectivity index (χ1n) is 5.16. The van der Waals surface area contributed by atoms with E-state index in [1.807, 2.05) is 4.98 Å². The van der Waals surface area contributed by atoms with Crippen LogP contribution in [0.3, 0.4) is 0 Å². The minimum absolute atomic E-state index is 0.0783. The Morgan fingerprint density at radius 1 is 1.15 bits per heavy atom. The second kappa shape index (κ2) is 5.17. The van der Waals surface area contributed by atoms with Crippen molar-refractivity contribution in [1.29, 1.82) is 0 Å². The van der Waals surface area contributed by atoms with Gasteiger partial charge in [0, 0.05) is 0 Å². The van der Waals surface area contributed by atoms with Gasteiger partial charge in [0.25, 0.3) is 5.56 Å². The zero-order valence-corrected chi connectivity index (χ0v) is 9.85. The summed E-state index contributed by atoms with van der Waals surface area (Å²) in [6, 6.07) is 0. The Morgan fingerprint density at radius 2 is 1.90 bits per heavy atom. The number of hydrogen-bond acceptors (Lipinski definition) is 7. The number of nitrogens with zero attached hydrogens (tertiary/aromatic N) is 3. The van der Waals surface area contributed by atoms with Gasteiger partial charge in [0.2, 0.25) is 5.95 Å². The van der Waals surface area contributed by atoms with Crippen LogP contribution in [-0.4, -0.2) is 29.9 Å². The summed E-state index contributed by atoms with van der Waals surface area (Å²) < 4.78 is 12.1. The lowest BCUT2D eigenvalue weighted by Crippen LogP contribution is -2.12. The molecule has 0 aliphatic rings. The van der Waals surface area contributed by atoms with E-state index in [9.17, 15) is 14.0 Å².